The molecular formula is C27H42O4. The average molecular weight is 431 g/mol. The first-order valence-electron chi connectivity index (χ1n) is 12.8. The molecular weight excluding hydrogens is 388 g/mol. The number of hydrogen-bond donors (Lipinski definition) is 0. The normalized spacial score (nSPS) is 41.4. The zero-order chi connectivity index (χ0) is 22.1. The molecule has 0 aromatic rings. The second-order valence-electron chi connectivity index (χ2n) is 12.1. The van der Waals surface area contributed by atoms with Crippen molar-refractivity contribution in [2.75, 3.05) is 19.8 Å². The SMILES string of the molecule is CCOC(=O)CC[C@H]1CC=C2C3(C)CCC4(OCCO4)C(C)(C)C3CCC2(C)C12CC2. The van der Waals surface area contributed by atoms with Gasteiger partial charge in [0, 0.05) is 18.3 Å². The molecule has 1 aliphatic heterocycles. The minimum atomic E-state index is -0.389. The fourth-order valence-corrected chi connectivity index (χ4v) is 9.08. The number of ether oxygens (including phenoxy) is 3. The Labute approximate surface area is 188 Å². The van der Waals surface area contributed by atoms with Gasteiger partial charge < -0.3 is 14.2 Å². The highest BCUT2D eigenvalue weighted by molar-refractivity contribution is 5.69. The highest BCUT2D eigenvalue weighted by atomic mass is 16.7. The van der Waals surface area contributed by atoms with Crippen molar-refractivity contribution in [3.63, 3.8) is 0 Å². The molecule has 3 saturated carbocycles. The van der Waals surface area contributed by atoms with E-state index in [1.165, 1.54) is 25.7 Å². The minimum Gasteiger partial charge on any atom is -0.466 e. The van der Waals surface area contributed by atoms with E-state index in [0.29, 0.717) is 30.3 Å². The number of rotatable bonds is 4. The van der Waals surface area contributed by atoms with Crippen LogP contribution in [0.4, 0.5) is 0 Å². The molecule has 4 aliphatic carbocycles. The number of allylic oxidation sites excluding steroid dienone is 2. The van der Waals surface area contributed by atoms with Crippen molar-refractivity contribution in [2.24, 2.45) is 33.5 Å². The van der Waals surface area contributed by atoms with Crippen LogP contribution in [-0.4, -0.2) is 31.6 Å². The van der Waals surface area contributed by atoms with Gasteiger partial charge in [-0.2, -0.15) is 0 Å². The molecule has 31 heavy (non-hydrogen) atoms. The Morgan fingerprint density at radius 2 is 1.77 bits per heavy atom. The Kier molecular flexibility index (Phi) is 5.00. The maximum Gasteiger partial charge on any atom is 0.305 e. The predicted molar refractivity (Wildman–Crippen MR) is 120 cm³/mol. The molecule has 0 aromatic heterocycles. The molecule has 1 heterocycles. The summed E-state index contributed by atoms with van der Waals surface area (Å²) >= 11 is 0. The van der Waals surface area contributed by atoms with E-state index >= 15 is 0 Å². The van der Waals surface area contributed by atoms with Crippen LogP contribution in [0.5, 0.6) is 0 Å². The van der Waals surface area contributed by atoms with Crippen LogP contribution < -0.4 is 0 Å². The first-order chi connectivity index (χ1) is 14.7. The molecule has 0 amide bonds. The Hall–Kier alpha value is -0.870. The van der Waals surface area contributed by atoms with Gasteiger partial charge in [-0.05, 0) is 80.0 Å². The quantitative estimate of drug-likeness (QED) is 0.403. The summed E-state index contributed by atoms with van der Waals surface area (Å²) in [5, 5.41) is 0. The van der Waals surface area contributed by atoms with Crippen molar-refractivity contribution < 1.29 is 19.0 Å². The van der Waals surface area contributed by atoms with E-state index in [1.54, 1.807) is 5.57 Å². The summed E-state index contributed by atoms with van der Waals surface area (Å²) in [5.74, 6) is 0.789. The highest BCUT2D eigenvalue weighted by Gasteiger charge is 2.71. The summed E-state index contributed by atoms with van der Waals surface area (Å²) in [6.45, 7) is 13.8. The first-order valence-corrected chi connectivity index (χ1v) is 12.8. The molecule has 4 nitrogen and oxygen atoms in total. The van der Waals surface area contributed by atoms with Crippen LogP contribution in [0, 0.1) is 33.5 Å². The van der Waals surface area contributed by atoms with Crippen molar-refractivity contribution in [3.8, 4) is 0 Å². The van der Waals surface area contributed by atoms with Crippen molar-refractivity contribution in [1.82, 2.24) is 0 Å². The van der Waals surface area contributed by atoms with Gasteiger partial charge in [-0.3, -0.25) is 4.79 Å². The monoisotopic (exact) mass is 430 g/mol. The number of carbonyl (C=O) groups is 1. The van der Waals surface area contributed by atoms with Crippen LogP contribution in [0.2, 0.25) is 0 Å². The molecule has 0 N–H and O–H groups in total. The smallest absolute Gasteiger partial charge is 0.305 e. The molecule has 0 radical (unpaired) electrons. The average Bonchev–Trinajstić information content (AvgIpc) is 3.37. The third kappa shape index (κ3) is 2.82. The van der Waals surface area contributed by atoms with Gasteiger partial charge in [-0.25, -0.2) is 0 Å². The van der Waals surface area contributed by atoms with E-state index in [1.807, 2.05) is 6.92 Å². The Balaban J connectivity index is 1.44. The number of hydrogen-bond acceptors (Lipinski definition) is 4. The van der Waals surface area contributed by atoms with E-state index in [9.17, 15) is 4.79 Å². The maximum absolute atomic E-state index is 12.1. The van der Waals surface area contributed by atoms with Crippen molar-refractivity contribution in [3.05, 3.63) is 11.6 Å². The second kappa shape index (κ2) is 7.06. The van der Waals surface area contributed by atoms with Crippen molar-refractivity contribution in [1.29, 1.82) is 0 Å². The molecule has 3 unspecified atom stereocenters. The van der Waals surface area contributed by atoms with E-state index < -0.39 is 0 Å². The third-order valence-corrected chi connectivity index (χ3v) is 10.8. The van der Waals surface area contributed by atoms with E-state index in [-0.39, 0.29) is 28.0 Å². The molecule has 4 fully saturated rings. The number of esters is 1. The van der Waals surface area contributed by atoms with Gasteiger partial charge in [0.2, 0.25) is 0 Å². The third-order valence-electron chi connectivity index (χ3n) is 10.8. The van der Waals surface area contributed by atoms with Crippen molar-refractivity contribution in [2.45, 2.75) is 98.2 Å². The molecule has 5 rings (SSSR count). The number of carbonyl (C=O) groups excluding carboxylic acids is 1. The zero-order valence-electron chi connectivity index (χ0n) is 20.4. The summed E-state index contributed by atoms with van der Waals surface area (Å²) in [7, 11) is 0. The Bertz CT molecular complexity index is 772. The fraction of sp³-hybridized carbons (Fsp3) is 0.889. The van der Waals surface area contributed by atoms with E-state index in [0.717, 1.165) is 38.9 Å². The van der Waals surface area contributed by atoms with Crippen LogP contribution in [0.1, 0.15) is 92.4 Å². The zero-order valence-corrected chi connectivity index (χ0v) is 20.4. The molecule has 5 aliphatic rings. The largest absolute Gasteiger partial charge is 0.466 e. The van der Waals surface area contributed by atoms with Crippen LogP contribution in [0.3, 0.4) is 0 Å². The van der Waals surface area contributed by atoms with Crippen LogP contribution in [0.15, 0.2) is 11.6 Å². The molecule has 0 bridgehead atoms. The second-order valence-corrected chi connectivity index (χ2v) is 12.1. The summed E-state index contributed by atoms with van der Waals surface area (Å²) in [4.78, 5) is 12.1. The lowest BCUT2D eigenvalue weighted by molar-refractivity contribution is -0.286. The Morgan fingerprint density at radius 3 is 2.42 bits per heavy atom. The Morgan fingerprint density at radius 1 is 1.06 bits per heavy atom. The molecule has 2 spiro atoms. The fourth-order valence-electron chi connectivity index (χ4n) is 9.08. The molecule has 0 aromatic carbocycles. The molecule has 1 saturated heterocycles. The van der Waals surface area contributed by atoms with Gasteiger partial charge in [0.15, 0.2) is 5.79 Å². The van der Waals surface area contributed by atoms with E-state index in [4.69, 9.17) is 14.2 Å². The summed E-state index contributed by atoms with van der Waals surface area (Å²) in [6.07, 6.45) is 12.6. The summed E-state index contributed by atoms with van der Waals surface area (Å²) < 4.78 is 17.9. The van der Waals surface area contributed by atoms with Gasteiger partial charge in [-0.1, -0.05) is 39.3 Å². The van der Waals surface area contributed by atoms with Crippen molar-refractivity contribution >= 4 is 5.97 Å². The lowest BCUT2D eigenvalue weighted by atomic mass is 9.40. The van der Waals surface area contributed by atoms with Gasteiger partial charge in [-0.15, -0.1) is 0 Å². The van der Waals surface area contributed by atoms with Gasteiger partial charge in [0.05, 0.1) is 19.8 Å². The van der Waals surface area contributed by atoms with Crippen LogP contribution >= 0.6 is 0 Å². The number of fused-ring (bicyclic) bond motifs is 4. The molecule has 174 valence electrons. The minimum absolute atomic E-state index is 0.0101. The lowest BCUT2D eigenvalue weighted by Crippen LogP contribution is -2.63. The summed E-state index contributed by atoms with van der Waals surface area (Å²) in [5.41, 5.74) is 2.64. The van der Waals surface area contributed by atoms with Crippen LogP contribution in [0.25, 0.3) is 0 Å². The van der Waals surface area contributed by atoms with Gasteiger partial charge in [0.25, 0.3) is 0 Å². The van der Waals surface area contributed by atoms with E-state index in [2.05, 4.69) is 33.8 Å². The highest BCUT2D eigenvalue weighted by Crippen LogP contribution is 2.78. The summed E-state index contributed by atoms with van der Waals surface area (Å²) in [6, 6.07) is 0. The molecule has 4 heteroatoms. The van der Waals surface area contributed by atoms with Crippen LogP contribution in [-0.2, 0) is 19.0 Å². The standard InChI is InChI=1S/C27H42O4/c1-6-29-22(28)10-8-19-7-9-21-24(4)13-16-27(30-17-18-31-27)23(2,3)20(24)11-12-25(21,5)26(19)14-15-26/h9,19-20H,6-8,10-18H2,1-5H3/t19-,20?,24?,25?/m1/s1. The maximum atomic E-state index is 12.1. The molecule has 4 atom stereocenters. The van der Waals surface area contributed by atoms with Gasteiger partial charge >= 0.3 is 5.97 Å². The van der Waals surface area contributed by atoms with Gasteiger partial charge in [0.1, 0.15) is 0 Å². The predicted octanol–water partition coefficient (Wildman–Crippen LogP) is 6.04. The topological polar surface area (TPSA) is 44.8 Å². The lowest BCUT2D eigenvalue weighted by Gasteiger charge is -2.66. The first kappa shape index (κ1) is 21.9.